The zero-order valence-electron chi connectivity index (χ0n) is 13.8. The van der Waals surface area contributed by atoms with Crippen molar-refractivity contribution in [1.29, 1.82) is 15.8 Å². The average Bonchev–Trinajstić information content (AvgIpc) is 3.21. The van der Waals surface area contributed by atoms with Gasteiger partial charge in [0.15, 0.2) is 5.41 Å². The second kappa shape index (κ2) is 5.46. The Hall–Kier alpha value is -2.59. The Kier molecular flexibility index (Phi) is 3.48. The number of thiophene rings is 1. The number of nitriles is 3. The molecule has 1 aliphatic carbocycles. The predicted octanol–water partition coefficient (Wildman–Crippen LogP) is 2.63. The van der Waals surface area contributed by atoms with Crippen molar-refractivity contribution in [1.82, 2.24) is 4.90 Å². The first kappa shape index (κ1) is 15.9. The zero-order chi connectivity index (χ0) is 17.8. The lowest BCUT2D eigenvalue weighted by molar-refractivity contribution is 0.162. The van der Waals surface area contributed by atoms with E-state index >= 15 is 0 Å². The molecule has 1 saturated heterocycles. The fraction of sp³-hybridized carbons (Fsp3) is 0.421. The van der Waals surface area contributed by atoms with E-state index in [1.54, 1.807) is 11.3 Å². The van der Waals surface area contributed by atoms with Crippen LogP contribution >= 0.6 is 11.3 Å². The summed E-state index contributed by atoms with van der Waals surface area (Å²) in [5.74, 6) is -0.416. The molecular formula is C19H17N5S. The van der Waals surface area contributed by atoms with E-state index in [1.165, 1.54) is 0 Å². The number of hydrogen-bond donors (Lipinski definition) is 1. The molecule has 4 rings (SSSR count). The van der Waals surface area contributed by atoms with Gasteiger partial charge in [-0.1, -0.05) is 12.1 Å². The Labute approximate surface area is 150 Å². The van der Waals surface area contributed by atoms with Crippen molar-refractivity contribution in [3.8, 4) is 18.2 Å². The number of rotatable bonds is 1. The van der Waals surface area contributed by atoms with Gasteiger partial charge >= 0.3 is 0 Å². The molecule has 1 aromatic heterocycles. The van der Waals surface area contributed by atoms with Gasteiger partial charge in [-0.15, -0.1) is 11.3 Å². The molecule has 2 N–H and O–H groups in total. The third-order valence-electron chi connectivity index (χ3n) is 6.07. The van der Waals surface area contributed by atoms with Crippen molar-refractivity contribution < 1.29 is 0 Å². The molecule has 0 aromatic carbocycles. The fourth-order valence-corrected chi connectivity index (χ4v) is 5.80. The van der Waals surface area contributed by atoms with Crippen LogP contribution in [0.1, 0.15) is 23.6 Å². The fourth-order valence-electron chi connectivity index (χ4n) is 4.86. The maximum atomic E-state index is 10.00. The average molecular weight is 347 g/mol. The molecule has 4 atom stereocenters. The van der Waals surface area contributed by atoms with Crippen LogP contribution in [0.3, 0.4) is 0 Å². The Morgan fingerprint density at radius 2 is 2.04 bits per heavy atom. The lowest BCUT2D eigenvalue weighted by Crippen LogP contribution is -2.51. The van der Waals surface area contributed by atoms with Crippen LogP contribution in [0.25, 0.3) is 0 Å². The minimum absolute atomic E-state index is 0.0661. The van der Waals surface area contributed by atoms with E-state index in [2.05, 4.69) is 36.2 Å². The summed E-state index contributed by atoms with van der Waals surface area (Å²) < 4.78 is 0. The summed E-state index contributed by atoms with van der Waals surface area (Å²) in [6.45, 7) is 0. The monoisotopic (exact) mass is 347 g/mol. The van der Waals surface area contributed by atoms with E-state index in [0.29, 0.717) is 11.6 Å². The van der Waals surface area contributed by atoms with Crippen LogP contribution < -0.4 is 5.73 Å². The molecular weight excluding hydrogens is 330 g/mol. The molecule has 6 heteroatoms. The molecule has 3 heterocycles. The summed E-state index contributed by atoms with van der Waals surface area (Å²) in [4.78, 5) is 3.31. The maximum Gasteiger partial charge on any atom is 0.192 e. The number of allylic oxidation sites excluding steroid dienone is 2. The van der Waals surface area contributed by atoms with Crippen LogP contribution in [-0.4, -0.2) is 24.0 Å². The number of nitrogens with two attached hydrogens (primary N) is 1. The van der Waals surface area contributed by atoms with Gasteiger partial charge in [-0.05, 0) is 36.9 Å². The van der Waals surface area contributed by atoms with E-state index < -0.39 is 5.41 Å². The van der Waals surface area contributed by atoms with Crippen LogP contribution in [0.5, 0.6) is 0 Å². The quantitative estimate of drug-likeness (QED) is 0.841. The second-order valence-corrected chi connectivity index (χ2v) is 7.93. The van der Waals surface area contributed by atoms with Gasteiger partial charge in [0.05, 0.1) is 23.4 Å². The normalized spacial score (nSPS) is 33.0. The Morgan fingerprint density at radius 3 is 2.64 bits per heavy atom. The molecule has 0 amide bonds. The first-order valence-corrected chi connectivity index (χ1v) is 9.17. The van der Waals surface area contributed by atoms with Gasteiger partial charge in [0.1, 0.15) is 6.07 Å². The first-order valence-electron chi connectivity index (χ1n) is 8.29. The van der Waals surface area contributed by atoms with Crippen LogP contribution in [0.4, 0.5) is 0 Å². The van der Waals surface area contributed by atoms with Crippen molar-refractivity contribution in [2.45, 2.75) is 30.8 Å². The largest absolute Gasteiger partial charge is 0.399 e. The van der Waals surface area contributed by atoms with Crippen molar-refractivity contribution in [2.24, 2.45) is 17.1 Å². The Balaban J connectivity index is 2.05. The van der Waals surface area contributed by atoms with E-state index in [9.17, 15) is 15.8 Å². The minimum Gasteiger partial charge on any atom is -0.399 e. The molecule has 5 nitrogen and oxygen atoms in total. The molecule has 0 saturated carbocycles. The molecule has 25 heavy (non-hydrogen) atoms. The van der Waals surface area contributed by atoms with Gasteiger partial charge in [0, 0.05) is 28.8 Å². The summed E-state index contributed by atoms with van der Waals surface area (Å²) in [6.07, 6.45) is 4.17. The SMILES string of the molecule is CN1[C@@H]2CC[C@@H]1C=C1C(C#N)=C(N)C(C#N)(C#N)[C@@H](c3cccs3)[C@@H]12. The minimum atomic E-state index is -1.51. The number of fused-ring (bicyclic) bond motifs is 4. The van der Waals surface area contributed by atoms with E-state index in [1.807, 2.05) is 17.5 Å². The number of nitrogens with zero attached hydrogens (tertiary/aromatic N) is 4. The topological polar surface area (TPSA) is 101 Å². The van der Waals surface area contributed by atoms with Gasteiger partial charge < -0.3 is 5.73 Å². The van der Waals surface area contributed by atoms with E-state index in [4.69, 9.17) is 5.73 Å². The molecule has 2 aliphatic heterocycles. The van der Waals surface area contributed by atoms with Crippen molar-refractivity contribution in [2.75, 3.05) is 7.05 Å². The zero-order valence-corrected chi connectivity index (χ0v) is 14.6. The van der Waals surface area contributed by atoms with Crippen LogP contribution in [0, 0.1) is 45.3 Å². The number of likely N-dealkylation sites (N-methyl/N-ethyl adjacent to an activating group) is 1. The molecule has 1 fully saturated rings. The highest BCUT2D eigenvalue weighted by molar-refractivity contribution is 7.10. The smallest absolute Gasteiger partial charge is 0.192 e. The van der Waals surface area contributed by atoms with Gasteiger partial charge in [0.2, 0.25) is 0 Å². The van der Waals surface area contributed by atoms with Gasteiger partial charge in [0.25, 0.3) is 0 Å². The van der Waals surface area contributed by atoms with Crippen LogP contribution in [-0.2, 0) is 0 Å². The molecule has 0 unspecified atom stereocenters. The summed E-state index contributed by atoms with van der Waals surface area (Å²) in [7, 11) is 2.09. The van der Waals surface area contributed by atoms with E-state index in [-0.39, 0.29) is 23.6 Å². The van der Waals surface area contributed by atoms with Crippen LogP contribution in [0.15, 0.2) is 40.4 Å². The lowest BCUT2D eigenvalue weighted by atomic mass is 9.58. The standard InChI is InChI=1S/C19H17N5S/c1-24-11-4-5-14(24)16-12(7-11)13(8-20)18(23)19(9-21,10-22)17(16)15-3-2-6-25-15/h2-3,6-7,11,14,16-17H,4-5,23H2,1H3/t11-,14-,16+,17+/m1/s1. The molecule has 124 valence electrons. The Morgan fingerprint density at radius 1 is 1.28 bits per heavy atom. The summed E-state index contributed by atoms with van der Waals surface area (Å²) >= 11 is 1.55. The van der Waals surface area contributed by atoms with Crippen molar-refractivity contribution in [3.63, 3.8) is 0 Å². The Bertz CT molecular complexity index is 891. The molecule has 1 aromatic rings. The van der Waals surface area contributed by atoms with E-state index in [0.717, 1.165) is 23.3 Å². The third kappa shape index (κ3) is 1.89. The highest BCUT2D eigenvalue weighted by Crippen LogP contribution is 2.58. The molecule has 0 spiro atoms. The van der Waals surface area contributed by atoms with Gasteiger partial charge in [-0.25, -0.2) is 0 Å². The first-order chi connectivity index (χ1) is 12.1. The van der Waals surface area contributed by atoms with Crippen molar-refractivity contribution in [3.05, 3.63) is 45.3 Å². The van der Waals surface area contributed by atoms with Crippen LogP contribution in [0.2, 0.25) is 0 Å². The highest BCUT2D eigenvalue weighted by Gasteiger charge is 2.58. The maximum absolute atomic E-state index is 10.00. The van der Waals surface area contributed by atoms with Crippen molar-refractivity contribution >= 4 is 11.3 Å². The van der Waals surface area contributed by atoms with Gasteiger partial charge in [-0.3, -0.25) is 4.90 Å². The highest BCUT2D eigenvalue weighted by atomic mass is 32.1. The summed E-state index contributed by atoms with van der Waals surface area (Å²) in [5.41, 5.74) is 6.19. The summed E-state index contributed by atoms with van der Waals surface area (Å²) in [5, 5.41) is 31.7. The third-order valence-corrected chi connectivity index (χ3v) is 7.03. The number of hydrogen-bond acceptors (Lipinski definition) is 6. The predicted molar refractivity (Wildman–Crippen MR) is 93.7 cm³/mol. The molecule has 0 radical (unpaired) electrons. The second-order valence-electron chi connectivity index (χ2n) is 6.95. The molecule has 3 aliphatic rings. The summed E-state index contributed by atoms with van der Waals surface area (Å²) in [6, 6.07) is 11.0. The molecule has 2 bridgehead atoms. The van der Waals surface area contributed by atoms with Gasteiger partial charge in [-0.2, -0.15) is 15.8 Å². The lowest BCUT2D eigenvalue weighted by Gasteiger charge is -2.47.